The van der Waals surface area contributed by atoms with E-state index in [0.29, 0.717) is 24.2 Å². The standard InChI is InChI=1S/C26H38O3/c1-19(2)9-6-10-20(3)11-7-13-24(27)14-8-12-21(4)15-16-23-18-25(28)17-22(5)26(23)29/h9,11,14-15,17-18,27-29H,6-8,10,12-13,16H2,1-5H3/b20-11+,21-15+,24-14?. The molecule has 1 aromatic carbocycles. The van der Waals surface area contributed by atoms with Gasteiger partial charge in [0.15, 0.2) is 0 Å². The van der Waals surface area contributed by atoms with Crippen LogP contribution < -0.4 is 0 Å². The number of phenols is 2. The van der Waals surface area contributed by atoms with Crippen molar-refractivity contribution in [3.63, 3.8) is 0 Å². The first-order valence-corrected chi connectivity index (χ1v) is 10.5. The zero-order valence-corrected chi connectivity index (χ0v) is 18.8. The quantitative estimate of drug-likeness (QED) is 0.204. The van der Waals surface area contributed by atoms with Crippen LogP contribution in [-0.2, 0) is 6.42 Å². The van der Waals surface area contributed by atoms with Crippen LogP contribution in [0.1, 0.15) is 77.3 Å². The van der Waals surface area contributed by atoms with E-state index in [9.17, 15) is 15.3 Å². The van der Waals surface area contributed by atoms with Gasteiger partial charge >= 0.3 is 0 Å². The molecule has 0 fully saturated rings. The first-order valence-electron chi connectivity index (χ1n) is 10.5. The molecular formula is C26H38O3. The lowest BCUT2D eigenvalue weighted by molar-refractivity contribution is 0.386. The molecule has 0 saturated carbocycles. The van der Waals surface area contributed by atoms with Crippen molar-refractivity contribution in [1.82, 2.24) is 0 Å². The molecule has 0 atom stereocenters. The van der Waals surface area contributed by atoms with Gasteiger partial charge in [-0.25, -0.2) is 0 Å². The molecule has 3 heteroatoms. The molecule has 0 unspecified atom stereocenters. The van der Waals surface area contributed by atoms with Crippen LogP contribution in [0, 0.1) is 6.92 Å². The van der Waals surface area contributed by atoms with Crippen LogP contribution in [0.3, 0.4) is 0 Å². The van der Waals surface area contributed by atoms with Crippen LogP contribution in [-0.4, -0.2) is 15.3 Å². The lowest BCUT2D eigenvalue weighted by atomic mass is 10.0. The van der Waals surface area contributed by atoms with Gasteiger partial charge in [-0.1, -0.05) is 34.9 Å². The van der Waals surface area contributed by atoms with E-state index in [1.165, 1.54) is 16.7 Å². The van der Waals surface area contributed by atoms with Crippen molar-refractivity contribution < 1.29 is 15.3 Å². The second-order valence-electron chi connectivity index (χ2n) is 8.17. The first-order chi connectivity index (χ1) is 13.7. The fourth-order valence-corrected chi connectivity index (χ4v) is 3.10. The zero-order valence-electron chi connectivity index (χ0n) is 18.8. The molecule has 29 heavy (non-hydrogen) atoms. The minimum atomic E-state index is 0.176. The molecule has 3 N–H and O–H groups in total. The monoisotopic (exact) mass is 398 g/mol. The maximum atomic E-state index is 10.1. The van der Waals surface area contributed by atoms with Crippen molar-refractivity contribution in [1.29, 1.82) is 0 Å². The third-order valence-corrected chi connectivity index (χ3v) is 4.94. The highest BCUT2D eigenvalue weighted by molar-refractivity contribution is 5.46. The Morgan fingerprint density at radius 1 is 0.793 bits per heavy atom. The molecule has 0 bridgehead atoms. The molecule has 0 saturated heterocycles. The maximum absolute atomic E-state index is 10.1. The van der Waals surface area contributed by atoms with Crippen LogP contribution in [0.2, 0.25) is 0 Å². The third-order valence-electron chi connectivity index (χ3n) is 4.94. The average Bonchev–Trinajstić information content (AvgIpc) is 2.63. The molecule has 160 valence electrons. The van der Waals surface area contributed by atoms with Crippen molar-refractivity contribution in [3.05, 3.63) is 70.0 Å². The zero-order chi connectivity index (χ0) is 21.8. The molecule has 0 amide bonds. The van der Waals surface area contributed by atoms with Crippen LogP contribution in [0.15, 0.2) is 58.9 Å². The van der Waals surface area contributed by atoms with Crippen molar-refractivity contribution in [2.45, 2.75) is 79.6 Å². The number of benzene rings is 1. The summed E-state index contributed by atoms with van der Waals surface area (Å²) in [5, 5.41) is 29.8. The lowest BCUT2D eigenvalue weighted by Gasteiger charge is -2.07. The van der Waals surface area contributed by atoms with Crippen LogP contribution in [0.5, 0.6) is 11.5 Å². The predicted octanol–water partition coefficient (Wildman–Crippen LogP) is 7.59. The summed E-state index contributed by atoms with van der Waals surface area (Å²) in [6.45, 7) is 10.2. The van der Waals surface area contributed by atoms with E-state index < -0.39 is 0 Å². The van der Waals surface area contributed by atoms with E-state index in [4.69, 9.17) is 0 Å². The van der Waals surface area contributed by atoms with Gasteiger partial charge in [0.1, 0.15) is 11.5 Å². The van der Waals surface area contributed by atoms with Crippen LogP contribution >= 0.6 is 0 Å². The van der Waals surface area contributed by atoms with Crippen molar-refractivity contribution >= 4 is 0 Å². The van der Waals surface area contributed by atoms with E-state index in [1.807, 2.05) is 6.08 Å². The van der Waals surface area contributed by atoms with Gasteiger partial charge in [0.05, 0.1) is 5.76 Å². The summed E-state index contributed by atoms with van der Waals surface area (Å²) in [7, 11) is 0. The smallest absolute Gasteiger partial charge is 0.122 e. The largest absolute Gasteiger partial charge is 0.513 e. The molecule has 1 aromatic rings. The highest BCUT2D eigenvalue weighted by Crippen LogP contribution is 2.28. The number of aliphatic hydroxyl groups is 1. The number of hydrogen-bond donors (Lipinski definition) is 3. The Morgan fingerprint density at radius 2 is 1.38 bits per heavy atom. The van der Waals surface area contributed by atoms with E-state index >= 15 is 0 Å². The molecule has 0 aliphatic carbocycles. The van der Waals surface area contributed by atoms with Gasteiger partial charge < -0.3 is 15.3 Å². The highest BCUT2D eigenvalue weighted by atomic mass is 16.3. The third kappa shape index (κ3) is 10.6. The fraction of sp³-hybridized carbons (Fsp3) is 0.462. The molecule has 1 rings (SSSR count). The summed E-state index contributed by atoms with van der Waals surface area (Å²) in [5.74, 6) is 0.872. The molecule has 0 heterocycles. The Balaban J connectivity index is 2.40. The summed E-state index contributed by atoms with van der Waals surface area (Å²) in [5.41, 5.74) is 5.34. The van der Waals surface area contributed by atoms with Gasteiger partial charge in [-0.05, 0) is 96.9 Å². The van der Waals surface area contributed by atoms with Gasteiger partial charge in [-0.3, -0.25) is 0 Å². The molecular weight excluding hydrogens is 360 g/mol. The van der Waals surface area contributed by atoms with Crippen molar-refractivity contribution in [2.24, 2.45) is 0 Å². The second-order valence-corrected chi connectivity index (χ2v) is 8.17. The second kappa shape index (κ2) is 12.9. The number of rotatable bonds is 11. The number of phenolic OH excluding ortho intramolecular Hbond substituents is 2. The minimum Gasteiger partial charge on any atom is -0.513 e. The molecule has 0 radical (unpaired) electrons. The summed E-state index contributed by atoms with van der Waals surface area (Å²) in [4.78, 5) is 0. The van der Waals surface area contributed by atoms with Gasteiger partial charge in [0.25, 0.3) is 0 Å². The van der Waals surface area contributed by atoms with Gasteiger partial charge in [-0.15, -0.1) is 0 Å². The number of allylic oxidation sites excluding steroid dienone is 8. The summed E-state index contributed by atoms with van der Waals surface area (Å²) in [6.07, 6.45) is 14.4. The predicted molar refractivity (Wildman–Crippen MR) is 124 cm³/mol. The normalized spacial score (nSPS) is 12.9. The minimum absolute atomic E-state index is 0.176. The molecule has 0 aliphatic heterocycles. The Labute approximate surface area is 176 Å². The fourth-order valence-electron chi connectivity index (χ4n) is 3.10. The van der Waals surface area contributed by atoms with E-state index in [2.05, 4.69) is 45.9 Å². The molecule has 0 spiro atoms. The van der Waals surface area contributed by atoms with Crippen LogP contribution in [0.25, 0.3) is 0 Å². The lowest BCUT2D eigenvalue weighted by Crippen LogP contribution is -1.88. The summed E-state index contributed by atoms with van der Waals surface area (Å²) in [6, 6.07) is 3.16. The van der Waals surface area contributed by atoms with E-state index in [0.717, 1.165) is 37.7 Å². The topological polar surface area (TPSA) is 60.7 Å². The number of aliphatic hydroxyl groups excluding tert-OH is 1. The molecule has 3 nitrogen and oxygen atoms in total. The van der Waals surface area contributed by atoms with Gasteiger partial charge in [-0.2, -0.15) is 0 Å². The SMILES string of the molecule is CC(C)=CCC/C(C)=C/CCC(O)=CCC/C(C)=C/Cc1cc(O)cc(C)c1O. The van der Waals surface area contributed by atoms with Crippen molar-refractivity contribution in [2.75, 3.05) is 0 Å². The molecule has 0 aromatic heterocycles. The Hall–Kier alpha value is -2.42. The maximum Gasteiger partial charge on any atom is 0.122 e. The molecule has 0 aliphatic rings. The highest BCUT2D eigenvalue weighted by Gasteiger charge is 2.05. The summed E-state index contributed by atoms with van der Waals surface area (Å²) < 4.78 is 0. The Morgan fingerprint density at radius 3 is 2.03 bits per heavy atom. The van der Waals surface area contributed by atoms with Crippen LogP contribution in [0.4, 0.5) is 0 Å². The Bertz CT molecular complexity index is 775. The van der Waals surface area contributed by atoms with Gasteiger partial charge in [0, 0.05) is 12.0 Å². The number of hydrogen-bond acceptors (Lipinski definition) is 3. The first kappa shape index (κ1) is 24.6. The van der Waals surface area contributed by atoms with E-state index in [-0.39, 0.29) is 11.5 Å². The number of aromatic hydroxyl groups is 2. The van der Waals surface area contributed by atoms with Gasteiger partial charge in [0.2, 0.25) is 0 Å². The average molecular weight is 399 g/mol. The summed E-state index contributed by atoms with van der Waals surface area (Å²) >= 11 is 0. The number of aryl methyl sites for hydroxylation is 1. The Kier molecular flexibility index (Phi) is 11.0. The van der Waals surface area contributed by atoms with E-state index in [1.54, 1.807) is 19.1 Å². The van der Waals surface area contributed by atoms with Crippen molar-refractivity contribution in [3.8, 4) is 11.5 Å².